The fraction of sp³-hybridized carbons (Fsp3) is 0.933. The van der Waals surface area contributed by atoms with Gasteiger partial charge in [0, 0.05) is 6.04 Å². The third kappa shape index (κ3) is 4.27. The van der Waals surface area contributed by atoms with Crippen molar-refractivity contribution in [3.63, 3.8) is 0 Å². The molecule has 106 valence electrons. The van der Waals surface area contributed by atoms with Crippen molar-refractivity contribution in [3.05, 3.63) is 0 Å². The summed E-state index contributed by atoms with van der Waals surface area (Å²) in [6.45, 7) is 9.01. The average molecular weight is 255 g/mol. The maximum atomic E-state index is 11.6. The van der Waals surface area contributed by atoms with Crippen molar-refractivity contribution in [2.75, 3.05) is 7.11 Å². The van der Waals surface area contributed by atoms with E-state index in [-0.39, 0.29) is 12.0 Å². The summed E-state index contributed by atoms with van der Waals surface area (Å²) in [5.74, 6) is 0.684. The molecule has 0 radical (unpaired) electrons. The summed E-state index contributed by atoms with van der Waals surface area (Å²) in [6.07, 6.45) is 5.67. The van der Waals surface area contributed by atoms with E-state index in [0.717, 1.165) is 12.3 Å². The number of carbonyl (C=O) groups excluding carboxylic acids is 1. The molecule has 1 aliphatic carbocycles. The van der Waals surface area contributed by atoms with E-state index < -0.39 is 0 Å². The van der Waals surface area contributed by atoms with Gasteiger partial charge in [-0.3, -0.25) is 4.79 Å². The summed E-state index contributed by atoms with van der Waals surface area (Å²) in [6, 6.07) is 0.346. The van der Waals surface area contributed by atoms with Crippen molar-refractivity contribution in [1.29, 1.82) is 0 Å². The van der Waals surface area contributed by atoms with E-state index in [1.165, 1.54) is 32.8 Å². The Morgan fingerprint density at radius 1 is 1.28 bits per heavy atom. The summed E-state index contributed by atoms with van der Waals surface area (Å²) in [4.78, 5) is 11.6. The van der Waals surface area contributed by atoms with Crippen molar-refractivity contribution in [1.82, 2.24) is 5.32 Å². The lowest BCUT2D eigenvalue weighted by Crippen LogP contribution is -2.45. The van der Waals surface area contributed by atoms with Crippen LogP contribution in [0.4, 0.5) is 0 Å². The molecule has 3 nitrogen and oxygen atoms in total. The first-order valence-electron chi connectivity index (χ1n) is 7.22. The van der Waals surface area contributed by atoms with E-state index in [4.69, 9.17) is 4.74 Å². The van der Waals surface area contributed by atoms with Gasteiger partial charge in [0.2, 0.25) is 0 Å². The van der Waals surface area contributed by atoms with Crippen LogP contribution in [0.25, 0.3) is 0 Å². The molecule has 1 N–H and O–H groups in total. The van der Waals surface area contributed by atoms with Gasteiger partial charge in [-0.05, 0) is 43.4 Å². The quantitative estimate of drug-likeness (QED) is 0.784. The monoisotopic (exact) mass is 255 g/mol. The van der Waals surface area contributed by atoms with Gasteiger partial charge in [0.15, 0.2) is 0 Å². The maximum Gasteiger partial charge on any atom is 0.322 e. The fourth-order valence-corrected chi connectivity index (χ4v) is 2.91. The number of hydrogen-bond acceptors (Lipinski definition) is 3. The van der Waals surface area contributed by atoms with E-state index >= 15 is 0 Å². The maximum absolute atomic E-state index is 11.6. The van der Waals surface area contributed by atoms with E-state index in [1.807, 2.05) is 6.92 Å². The molecule has 3 heteroatoms. The molecule has 0 aromatic rings. The highest BCUT2D eigenvalue weighted by Crippen LogP contribution is 2.37. The smallest absolute Gasteiger partial charge is 0.322 e. The van der Waals surface area contributed by atoms with E-state index in [2.05, 4.69) is 26.1 Å². The zero-order chi connectivity index (χ0) is 13.8. The first-order valence-corrected chi connectivity index (χ1v) is 7.22. The number of nitrogens with one attached hydrogen (secondary N) is 1. The molecule has 18 heavy (non-hydrogen) atoms. The first-order chi connectivity index (χ1) is 8.38. The highest BCUT2D eigenvalue weighted by Gasteiger charge is 2.31. The van der Waals surface area contributed by atoms with Crippen LogP contribution in [0.15, 0.2) is 0 Å². The molecule has 0 spiro atoms. The van der Waals surface area contributed by atoms with Crippen LogP contribution < -0.4 is 5.32 Å². The van der Waals surface area contributed by atoms with Gasteiger partial charge in [-0.1, -0.05) is 27.7 Å². The molecule has 0 bridgehead atoms. The lowest BCUT2D eigenvalue weighted by Gasteiger charge is -2.38. The number of hydrogen-bond donors (Lipinski definition) is 1. The third-order valence-corrected chi connectivity index (χ3v) is 4.28. The normalized spacial score (nSPS) is 26.7. The van der Waals surface area contributed by atoms with Crippen molar-refractivity contribution in [2.45, 2.75) is 71.9 Å². The Kier molecular flexibility index (Phi) is 5.64. The second-order valence-corrected chi connectivity index (χ2v) is 6.57. The second-order valence-electron chi connectivity index (χ2n) is 6.57. The van der Waals surface area contributed by atoms with Crippen LogP contribution in [0.2, 0.25) is 0 Å². The van der Waals surface area contributed by atoms with Crippen molar-refractivity contribution in [2.24, 2.45) is 11.3 Å². The lowest BCUT2D eigenvalue weighted by atomic mass is 9.71. The van der Waals surface area contributed by atoms with Crippen LogP contribution in [0.1, 0.15) is 59.8 Å². The number of esters is 1. The number of rotatable bonds is 4. The van der Waals surface area contributed by atoms with Gasteiger partial charge < -0.3 is 10.1 Å². The zero-order valence-corrected chi connectivity index (χ0v) is 12.6. The van der Waals surface area contributed by atoms with Crippen LogP contribution in [0.3, 0.4) is 0 Å². The first kappa shape index (κ1) is 15.5. The molecule has 0 heterocycles. The van der Waals surface area contributed by atoms with Gasteiger partial charge in [-0.25, -0.2) is 0 Å². The van der Waals surface area contributed by atoms with E-state index in [0.29, 0.717) is 11.5 Å². The van der Waals surface area contributed by atoms with Crippen molar-refractivity contribution < 1.29 is 9.53 Å². The molecule has 1 unspecified atom stereocenters. The van der Waals surface area contributed by atoms with Gasteiger partial charge in [0.1, 0.15) is 6.04 Å². The molecule has 0 aliphatic heterocycles. The Morgan fingerprint density at radius 2 is 1.83 bits per heavy atom. The molecule has 1 atom stereocenters. The molecule has 0 amide bonds. The Hall–Kier alpha value is -0.570. The van der Waals surface area contributed by atoms with Gasteiger partial charge in [-0.15, -0.1) is 0 Å². The van der Waals surface area contributed by atoms with Crippen LogP contribution in [0, 0.1) is 11.3 Å². The van der Waals surface area contributed by atoms with Crippen LogP contribution in [0.5, 0.6) is 0 Å². The standard InChI is InChI=1S/C15H29NO2/c1-6-13(14(17)18-5)16-12-9-7-11(8-10-12)15(2,3)4/h11-13,16H,6-10H2,1-5H3. The van der Waals surface area contributed by atoms with Gasteiger partial charge in [-0.2, -0.15) is 0 Å². The molecule has 0 aromatic heterocycles. The van der Waals surface area contributed by atoms with Gasteiger partial charge in [0.05, 0.1) is 7.11 Å². The number of methoxy groups -OCH3 is 1. The highest BCUT2D eigenvalue weighted by molar-refractivity contribution is 5.75. The Bertz CT molecular complexity index is 262. The topological polar surface area (TPSA) is 38.3 Å². The minimum Gasteiger partial charge on any atom is -0.468 e. The SMILES string of the molecule is CCC(NC1CCC(C(C)(C)C)CC1)C(=O)OC. The van der Waals surface area contributed by atoms with Crippen molar-refractivity contribution >= 4 is 5.97 Å². The zero-order valence-electron chi connectivity index (χ0n) is 12.6. The summed E-state index contributed by atoms with van der Waals surface area (Å²) < 4.78 is 4.82. The molecule has 1 fully saturated rings. The van der Waals surface area contributed by atoms with E-state index in [1.54, 1.807) is 0 Å². The third-order valence-electron chi connectivity index (χ3n) is 4.28. The van der Waals surface area contributed by atoms with Crippen LogP contribution >= 0.6 is 0 Å². The Balaban J connectivity index is 2.41. The number of ether oxygens (including phenoxy) is 1. The summed E-state index contributed by atoms with van der Waals surface area (Å²) in [5, 5.41) is 3.45. The molecule has 0 aromatic carbocycles. The Labute approximate surface area is 112 Å². The minimum absolute atomic E-state index is 0.129. The number of carbonyl (C=O) groups is 1. The highest BCUT2D eigenvalue weighted by atomic mass is 16.5. The minimum atomic E-state index is -0.133. The predicted molar refractivity (Wildman–Crippen MR) is 74.4 cm³/mol. The second kappa shape index (κ2) is 6.55. The van der Waals surface area contributed by atoms with E-state index in [9.17, 15) is 4.79 Å². The Morgan fingerprint density at radius 3 is 2.22 bits per heavy atom. The predicted octanol–water partition coefficient (Wildman–Crippen LogP) is 3.13. The van der Waals surface area contributed by atoms with Crippen LogP contribution in [-0.2, 0) is 9.53 Å². The fourth-order valence-electron chi connectivity index (χ4n) is 2.91. The average Bonchev–Trinajstić information content (AvgIpc) is 2.34. The molecule has 0 saturated heterocycles. The summed E-state index contributed by atoms with van der Waals surface area (Å²) in [7, 11) is 1.46. The van der Waals surface area contributed by atoms with Gasteiger partial charge in [0.25, 0.3) is 0 Å². The lowest BCUT2D eigenvalue weighted by molar-refractivity contribution is -0.143. The molecule has 1 saturated carbocycles. The molecular weight excluding hydrogens is 226 g/mol. The van der Waals surface area contributed by atoms with Gasteiger partial charge >= 0.3 is 5.97 Å². The van der Waals surface area contributed by atoms with Crippen molar-refractivity contribution in [3.8, 4) is 0 Å². The molecule has 1 rings (SSSR count). The molecule has 1 aliphatic rings. The summed E-state index contributed by atoms with van der Waals surface area (Å²) >= 11 is 0. The molecular formula is C15H29NO2. The van der Waals surface area contributed by atoms with Crippen LogP contribution in [-0.4, -0.2) is 25.2 Å². The largest absolute Gasteiger partial charge is 0.468 e. The summed E-state index contributed by atoms with van der Waals surface area (Å²) in [5.41, 5.74) is 0.414.